The van der Waals surface area contributed by atoms with Gasteiger partial charge in [0.15, 0.2) is 0 Å². The van der Waals surface area contributed by atoms with Gasteiger partial charge in [-0.25, -0.2) is 9.50 Å². The molecule has 0 saturated carbocycles. The fraction of sp³-hybridized carbons (Fsp3) is 0. The Morgan fingerprint density at radius 1 is 1.18 bits per heavy atom. The Morgan fingerprint density at radius 2 is 2.05 bits per heavy atom. The lowest BCUT2D eigenvalue weighted by Gasteiger charge is -2.01. The van der Waals surface area contributed by atoms with E-state index in [0.717, 1.165) is 0 Å². The molecule has 1 aromatic carbocycles. The van der Waals surface area contributed by atoms with E-state index in [0.29, 0.717) is 32.8 Å². The highest BCUT2D eigenvalue weighted by Crippen LogP contribution is 2.22. The molecule has 108 valence electrons. The molecule has 0 radical (unpaired) electrons. The molecule has 7 heteroatoms. The minimum atomic E-state index is -0.584. The molecule has 0 unspecified atom stereocenters. The van der Waals surface area contributed by atoms with Crippen LogP contribution in [-0.2, 0) is 0 Å². The summed E-state index contributed by atoms with van der Waals surface area (Å²) in [4.78, 5) is 18.4. The molecule has 3 heterocycles. The second-order valence-electron chi connectivity index (χ2n) is 4.81. The lowest BCUT2D eigenvalue weighted by atomic mass is 10.2. The van der Waals surface area contributed by atoms with Crippen LogP contribution >= 0.6 is 11.6 Å². The molecule has 0 fully saturated rings. The van der Waals surface area contributed by atoms with Gasteiger partial charge in [-0.05, 0) is 24.3 Å². The van der Waals surface area contributed by atoms with E-state index in [2.05, 4.69) is 15.1 Å². The standard InChI is InChI=1S/C15H8ClFN4O/c16-9-1-2-12-10(6-9)15(22)19-14-7-11(20-21(12)14)8-3-4-18-13(17)5-8/h1-7H,(H,19,22). The molecule has 4 rings (SSSR count). The van der Waals surface area contributed by atoms with Gasteiger partial charge in [-0.2, -0.15) is 9.49 Å². The number of nitrogens with zero attached hydrogens (tertiary/aromatic N) is 3. The number of nitrogens with one attached hydrogen (secondary N) is 1. The number of aromatic amines is 1. The smallest absolute Gasteiger partial charge is 0.259 e. The van der Waals surface area contributed by atoms with E-state index in [-0.39, 0.29) is 5.56 Å². The third kappa shape index (κ3) is 1.96. The van der Waals surface area contributed by atoms with E-state index >= 15 is 0 Å². The van der Waals surface area contributed by atoms with Crippen LogP contribution in [0, 0.1) is 5.95 Å². The van der Waals surface area contributed by atoms with Crippen LogP contribution in [0.25, 0.3) is 27.8 Å². The zero-order chi connectivity index (χ0) is 15.3. The second kappa shape index (κ2) is 4.64. The maximum absolute atomic E-state index is 13.3. The Hall–Kier alpha value is -2.73. The number of halogens is 2. The fourth-order valence-electron chi connectivity index (χ4n) is 2.42. The highest BCUT2D eigenvalue weighted by molar-refractivity contribution is 6.31. The molecule has 0 saturated heterocycles. The average molecular weight is 315 g/mol. The van der Waals surface area contributed by atoms with Gasteiger partial charge in [0.1, 0.15) is 5.65 Å². The summed E-state index contributed by atoms with van der Waals surface area (Å²) in [5.74, 6) is -0.584. The molecule has 1 N–H and O–H groups in total. The van der Waals surface area contributed by atoms with Crippen molar-refractivity contribution in [3.05, 3.63) is 63.9 Å². The van der Waals surface area contributed by atoms with Crippen LogP contribution in [0.4, 0.5) is 4.39 Å². The number of hydrogen-bond acceptors (Lipinski definition) is 3. The summed E-state index contributed by atoms with van der Waals surface area (Å²) in [6.45, 7) is 0. The average Bonchev–Trinajstić information content (AvgIpc) is 2.91. The third-order valence-electron chi connectivity index (χ3n) is 3.40. The van der Waals surface area contributed by atoms with E-state index in [1.165, 1.54) is 12.3 Å². The van der Waals surface area contributed by atoms with Crippen LogP contribution in [0.5, 0.6) is 0 Å². The van der Waals surface area contributed by atoms with Crippen LogP contribution in [0.2, 0.25) is 5.02 Å². The highest BCUT2D eigenvalue weighted by atomic mass is 35.5. The van der Waals surface area contributed by atoms with Gasteiger partial charge >= 0.3 is 0 Å². The van der Waals surface area contributed by atoms with E-state index in [1.807, 2.05) is 0 Å². The third-order valence-corrected chi connectivity index (χ3v) is 3.64. The second-order valence-corrected chi connectivity index (χ2v) is 5.25. The largest absolute Gasteiger partial charge is 0.306 e. The summed E-state index contributed by atoms with van der Waals surface area (Å²) in [5, 5.41) is 5.35. The molecular formula is C15H8ClFN4O. The van der Waals surface area contributed by atoms with Crippen LogP contribution < -0.4 is 5.56 Å². The number of fused-ring (bicyclic) bond motifs is 3. The molecule has 4 aromatic rings. The Morgan fingerprint density at radius 3 is 2.86 bits per heavy atom. The molecule has 0 aliphatic rings. The summed E-state index contributed by atoms with van der Waals surface area (Å²) in [6, 6.07) is 9.63. The number of rotatable bonds is 1. The van der Waals surface area contributed by atoms with Crippen molar-refractivity contribution < 1.29 is 4.39 Å². The maximum atomic E-state index is 13.3. The van der Waals surface area contributed by atoms with Crippen LogP contribution in [-0.4, -0.2) is 19.6 Å². The maximum Gasteiger partial charge on any atom is 0.259 e. The van der Waals surface area contributed by atoms with Crippen molar-refractivity contribution in [2.45, 2.75) is 0 Å². The number of H-pyrrole nitrogens is 1. The molecule has 0 amide bonds. The zero-order valence-corrected chi connectivity index (χ0v) is 11.8. The zero-order valence-electron chi connectivity index (χ0n) is 11.0. The van der Waals surface area contributed by atoms with Crippen molar-refractivity contribution in [1.82, 2.24) is 19.6 Å². The lowest BCUT2D eigenvalue weighted by molar-refractivity contribution is 0.584. The van der Waals surface area contributed by atoms with E-state index < -0.39 is 5.95 Å². The van der Waals surface area contributed by atoms with Gasteiger partial charge in [0.2, 0.25) is 5.95 Å². The SMILES string of the molecule is O=c1[nH]c2cc(-c3ccnc(F)c3)nn2c2ccc(Cl)cc12. The van der Waals surface area contributed by atoms with Gasteiger partial charge in [0.25, 0.3) is 5.56 Å². The van der Waals surface area contributed by atoms with Crippen molar-refractivity contribution in [3.8, 4) is 11.3 Å². The number of pyridine rings is 1. The summed E-state index contributed by atoms with van der Waals surface area (Å²) >= 11 is 5.93. The predicted molar refractivity (Wildman–Crippen MR) is 81.5 cm³/mol. The van der Waals surface area contributed by atoms with E-state index in [1.54, 1.807) is 34.8 Å². The van der Waals surface area contributed by atoms with E-state index in [4.69, 9.17) is 11.6 Å². The van der Waals surface area contributed by atoms with Crippen LogP contribution in [0.3, 0.4) is 0 Å². The summed E-state index contributed by atoms with van der Waals surface area (Å²) in [6.07, 6.45) is 1.37. The van der Waals surface area contributed by atoms with Crippen LogP contribution in [0.1, 0.15) is 0 Å². The first-order chi connectivity index (χ1) is 10.6. The number of hydrogen-bond donors (Lipinski definition) is 1. The molecular weight excluding hydrogens is 307 g/mol. The van der Waals surface area contributed by atoms with E-state index in [9.17, 15) is 9.18 Å². The molecule has 0 bridgehead atoms. The van der Waals surface area contributed by atoms with Gasteiger partial charge in [-0.15, -0.1) is 0 Å². The monoisotopic (exact) mass is 314 g/mol. The molecule has 5 nitrogen and oxygen atoms in total. The number of aromatic nitrogens is 4. The molecule has 0 spiro atoms. The van der Waals surface area contributed by atoms with Gasteiger partial charge in [0, 0.05) is 28.9 Å². The van der Waals surface area contributed by atoms with Crippen molar-refractivity contribution in [2.24, 2.45) is 0 Å². The Balaban J connectivity index is 2.06. The first-order valence-corrected chi connectivity index (χ1v) is 6.83. The summed E-state index contributed by atoms with van der Waals surface area (Å²) in [5.41, 5.74) is 2.02. The Bertz CT molecular complexity index is 1090. The summed E-state index contributed by atoms with van der Waals surface area (Å²) in [7, 11) is 0. The molecule has 0 atom stereocenters. The quantitative estimate of drug-likeness (QED) is 0.549. The van der Waals surface area contributed by atoms with Crippen molar-refractivity contribution in [1.29, 1.82) is 0 Å². The highest BCUT2D eigenvalue weighted by Gasteiger charge is 2.11. The fourth-order valence-corrected chi connectivity index (χ4v) is 2.59. The molecule has 22 heavy (non-hydrogen) atoms. The van der Waals surface area contributed by atoms with Crippen molar-refractivity contribution in [2.75, 3.05) is 0 Å². The topological polar surface area (TPSA) is 63.0 Å². The van der Waals surface area contributed by atoms with Crippen molar-refractivity contribution in [3.63, 3.8) is 0 Å². The van der Waals surface area contributed by atoms with Gasteiger partial charge in [-0.3, -0.25) is 4.79 Å². The molecule has 3 aromatic heterocycles. The number of benzene rings is 1. The molecule has 0 aliphatic heterocycles. The lowest BCUT2D eigenvalue weighted by Crippen LogP contribution is -2.09. The normalized spacial score (nSPS) is 11.4. The van der Waals surface area contributed by atoms with Crippen molar-refractivity contribution >= 4 is 28.2 Å². The molecule has 0 aliphatic carbocycles. The Labute approximate surface area is 128 Å². The minimum Gasteiger partial charge on any atom is -0.306 e. The summed E-state index contributed by atoms with van der Waals surface area (Å²) < 4.78 is 14.8. The van der Waals surface area contributed by atoms with Crippen LogP contribution in [0.15, 0.2) is 47.4 Å². The van der Waals surface area contributed by atoms with Gasteiger partial charge < -0.3 is 4.98 Å². The van der Waals surface area contributed by atoms with Gasteiger partial charge in [-0.1, -0.05) is 11.6 Å². The first-order valence-electron chi connectivity index (χ1n) is 6.45. The minimum absolute atomic E-state index is 0.252. The first kappa shape index (κ1) is 13.0. The van der Waals surface area contributed by atoms with Gasteiger partial charge in [0.05, 0.1) is 16.6 Å². The Kier molecular flexibility index (Phi) is 2.74. The predicted octanol–water partition coefficient (Wildman–Crippen LogP) is 3.03.